The smallest absolute Gasteiger partial charge is 0.116 e. The summed E-state index contributed by atoms with van der Waals surface area (Å²) < 4.78 is 0. The van der Waals surface area contributed by atoms with E-state index in [4.69, 9.17) is 29.6 Å². The first-order valence-corrected chi connectivity index (χ1v) is 7.98. The van der Waals surface area contributed by atoms with E-state index in [1.54, 1.807) is 0 Å². The molecule has 4 nitrogen and oxygen atoms in total. The van der Waals surface area contributed by atoms with E-state index < -0.39 is 0 Å². The van der Waals surface area contributed by atoms with Gasteiger partial charge in [0.25, 0.3) is 0 Å². The van der Waals surface area contributed by atoms with E-state index in [9.17, 15) is 5.26 Å². The molecule has 0 atom stereocenters. The van der Waals surface area contributed by atoms with Crippen molar-refractivity contribution in [2.24, 2.45) is 5.73 Å². The van der Waals surface area contributed by atoms with E-state index >= 15 is 0 Å². The Balaban J connectivity index is 2.11. The zero-order valence-electron chi connectivity index (χ0n) is 12.6. The van der Waals surface area contributed by atoms with Crippen LogP contribution in [0.2, 0.25) is 5.02 Å². The maximum Gasteiger partial charge on any atom is 0.116 e. The van der Waals surface area contributed by atoms with Crippen LogP contribution in [-0.2, 0) is 0 Å². The molecule has 22 heavy (non-hydrogen) atoms. The number of nitriles is 1. The van der Waals surface area contributed by atoms with Crippen molar-refractivity contribution in [1.29, 1.82) is 5.26 Å². The molecule has 0 saturated carbocycles. The molecule has 0 aromatic heterocycles. The van der Waals surface area contributed by atoms with Crippen LogP contribution in [0.1, 0.15) is 13.3 Å². The van der Waals surface area contributed by atoms with Gasteiger partial charge in [-0.1, -0.05) is 23.8 Å². The standard InChI is InChI=1S/C16H19ClN4S/c1-12(15(11-18)16(19)22)20-7-2-8-21(10-9-20)14-5-3-13(17)4-6-14/h3-6H,2,7-10H2,1H3,(H2,19,22). The molecule has 0 radical (unpaired) electrons. The Labute approximate surface area is 141 Å². The maximum atomic E-state index is 9.20. The van der Waals surface area contributed by atoms with Gasteiger partial charge in [-0.05, 0) is 37.6 Å². The minimum absolute atomic E-state index is 0.166. The molecule has 6 heteroatoms. The highest BCUT2D eigenvalue weighted by Gasteiger charge is 2.18. The van der Waals surface area contributed by atoms with Gasteiger partial charge in [0.15, 0.2) is 0 Å². The van der Waals surface area contributed by atoms with Gasteiger partial charge in [0, 0.05) is 42.6 Å². The lowest BCUT2D eigenvalue weighted by Gasteiger charge is -2.26. The topological polar surface area (TPSA) is 56.3 Å². The molecule has 0 bridgehead atoms. The van der Waals surface area contributed by atoms with Crippen LogP contribution in [0.5, 0.6) is 0 Å². The molecule has 1 aliphatic rings. The van der Waals surface area contributed by atoms with Crippen LogP contribution < -0.4 is 10.6 Å². The third kappa shape index (κ3) is 3.90. The first kappa shape index (κ1) is 16.6. The van der Waals surface area contributed by atoms with Crippen molar-refractivity contribution < 1.29 is 0 Å². The highest BCUT2D eigenvalue weighted by molar-refractivity contribution is 7.80. The summed E-state index contributed by atoms with van der Waals surface area (Å²) in [5.74, 6) is 0. The number of rotatable bonds is 3. The fraction of sp³-hybridized carbons (Fsp3) is 0.375. The number of nitrogens with zero attached hydrogens (tertiary/aromatic N) is 3. The van der Waals surface area contributed by atoms with Crippen LogP contribution in [0.3, 0.4) is 0 Å². The molecule has 0 amide bonds. The highest BCUT2D eigenvalue weighted by Crippen LogP contribution is 2.21. The number of nitrogens with two attached hydrogens (primary N) is 1. The second-order valence-corrected chi connectivity index (χ2v) is 6.12. The lowest BCUT2D eigenvalue weighted by atomic mass is 10.2. The number of anilines is 1. The summed E-state index contributed by atoms with van der Waals surface area (Å²) in [5, 5.41) is 9.94. The van der Waals surface area contributed by atoms with Crippen LogP contribution in [0, 0.1) is 11.3 Å². The number of thiocarbonyl (C=S) groups is 1. The molecule has 2 rings (SSSR count). The first-order valence-electron chi connectivity index (χ1n) is 7.19. The van der Waals surface area contributed by atoms with E-state index in [-0.39, 0.29) is 4.99 Å². The minimum atomic E-state index is 0.166. The monoisotopic (exact) mass is 334 g/mol. The van der Waals surface area contributed by atoms with Gasteiger partial charge in [-0.25, -0.2) is 0 Å². The van der Waals surface area contributed by atoms with Crippen LogP contribution in [0.15, 0.2) is 35.5 Å². The van der Waals surface area contributed by atoms with Crippen LogP contribution in [0.4, 0.5) is 5.69 Å². The molecule has 1 aromatic carbocycles. The lowest BCUT2D eigenvalue weighted by molar-refractivity contribution is 0.369. The van der Waals surface area contributed by atoms with Crippen molar-refractivity contribution in [3.8, 4) is 6.07 Å². The Morgan fingerprint density at radius 3 is 2.50 bits per heavy atom. The maximum absolute atomic E-state index is 9.20. The van der Waals surface area contributed by atoms with Gasteiger partial charge >= 0.3 is 0 Å². The highest BCUT2D eigenvalue weighted by atomic mass is 35.5. The number of hydrogen-bond acceptors (Lipinski definition) is 4. The van der Waals surface area contributed by atoms with E-state index in [1.165, 1.54) is 5.69 Å². The molecule has 1 fully saturated rings. The van der Waals surface area contributed by atoms with Crippen molar-refractivity contribution in [2.45, 2.75) is 13.3 Å². The molecule has 116 valence electrons. The van der Waals surface area contributed by atoms with E-state index in [1.807, 2.05) is 31.2 Å². The summed E-state index contributed by atoms with van der Waals surface area (Å²) >= 11 is 10.9. The van der Waals surface area contributed by atoms with Gasteiger partial charge in [-0.3, -0.25) is 0 Å². The number of halogens is 1. The van der Waals surface area contributed by atoms with Crippen molar-refractivity contribution >= 4 is 34.5 Å². The Hall–Kier alpha value is -1.77. The van der Waals surface area contributed by atoms with E-state index in [2.05, 4.69) is 15.9 Å². The van der Waals surface area contributed by atoms with Crippen molar-refractivity contribution in [1.82, 2.24) is 4.90 Å². The van der Waals surface area contributed by atoms with Crippen molar-refractivity contribution in [3.63, 3.8) is 0 Å². The summed E-state index contributed by atoms with van der Waals surface area (Å²) in [4.78, 5) is 4.68. The summed E-state index contributed by atoms with van der Waals surface area (Å²) in [6.45, 7) is 5.50. The molecule has 1 aliphatic heterocycles. The predicted octanol–water partition coefficient (Wildman–Crippen LogP) is 2.94. The zero-order chi connectivity index (χ0) is 16.1. The summed E-state index contributed by atoms with van der Waals surface area (Å²) in [6.07, 6.45) is 1.01. The largest absolute Gasteiger partial charge is 0.389 e. The van der Waals surface area contributed by atoms with Gasteiger partial charge in [0.05, 0.1) is 0 Å². The predicted molar refractivity (Wildman–Crippen MR) is 95.0 cm³/mol. The number of allylic oxidation sites excluding steroid dienone is 1. The normalized spacial score (nSPS) is 16.6. The Morgan fingerprint density at radius 1 is 1.23 bits per heavy atom. The molecule has 0 aliphatic carbocycles. The Morgan fingerprint density at radius 2 is 1.91 bits per heavy atom. The SMILES string of the molecule is CC(=C(C#N)C(N)=S)N1CCCN(c2ccc(Cl)cc2)CC1. The fourth-order valence-corrected chi connectivity index (χ4v) is 2.95. The van der Waals surface area contributed by atoms with Gasteiger partial charge in [-0.15, -0.1) is 0 Å². The molecule has 2 N–H and O–H groups in total. The number of hydrogen-bond donors (Lipinski definition) is 1. The average molecular weight is 335 g/mol. The van der Waals surface area contributed by atoms with Crippen LogP contribution >= 0.6 is 23.8 Å². The minimum Gasteiger partial charge on any atom is -0.389 e. The summed E-state index contributed by atoms with van der Waals surface area (Å²) in [7, 11) is 0. The van der Waals surface area contributed by atoms with Crippen molar-refractivity contribution in [2.75, 3.05) is 31.1 Å². The van der Waals surface area contributed by atoms with E-state index in [0.29, 0.717) is 5.57 Å². The molecule has 1 aromatic rings. The number of benzene rings is 1. The average Bonchev–Trinajstić information content (AvgIpc) is 2.74. The fourth-order valence-electron chi connectivity index (χ4n) is 2.64. The first-order chi connectivity index (χ1) is 10.5. The molecular formula is C16H19ClN4S. The van der Waals surface area contributed by atoms with Gasteiger partial charge in [0.2, 0.25) is 0 Å². The van der Waals surface area contributed by atoms with Crippen molar-refractivity contribution in [3.05, 3.63) is 40.6 Å². The van der Waals surface area contributed by atoms with Crippen LogP contribution in [0.25, 0.3) is 0 Å². The third-order valence-electron chi connectivity index (χ3n) is 3.88. The van der Waals surface area contributed by atoms with E-state index in [0.717, 1.165) is 43.3 Å². The zero-order valence-corrected chi connectivity index (χ0v) is 14.1. The summed E-state index contributed by atoms with van der Waals surface area (Å²) in [5.41, 5.74) is 8.08. The summed E-state index contributed by atoms with van der Waals surface area (Å²) in [6, 6.07) is 10.0. The van der Waals surface area contributed by atoms with Gasteiger partial charge < -0.3 is 15.5 Å². The molecule has 1 heterocycles. The molecule has 0 spiro atoms. The second-order valence-electron chi connectivity index (χ2n) is 5.24. The van der Waals surface area contributed by atoms with Gasteiger partial charge in [0.1, 0.15) is 16.6 Å². The molecule has 1 saturated heterocycles. The van der Waals surface area contributed by atoms with Crippen LogP contribution in [-0.4, -0.2) is 36.1 Å². The quantitative estimate of drug-likeness (QED) is 0.523. The third-order valence-corrected chi connectivity index (χ3v) is 4.34. The van der Waals surface area contributed by atoms with Gasteiger partial charge in [-0.2, -0.15) is 5.26 Å². The molecular weight excluding hydrogens is 316 g/mol. The Bertz CT molecular complexity index is 618. The lowest BCUT2D eigenvalue weighted by Crippen LogP contribution is -2.31. The molecule has 0 unspecified atom stereocenters. The second kappa shape index (κ2) is 7.48. The Kier molecular flexibility index (Phi) is 5.64.